The van der Waals surface area contributed by atoms with Crippen molar-refractivity contribution in [3.8, 4) is 11.1 Å². The second-order valence-electron chi connectivity index (χ2n) is 6.13. The molecule has 3 rings (SSSR count). The van der Waals surface area contributed by atoms with Crippen molar-refractivity contribution in [2.45, 2.75) is 32.7 Å². The third-order valence-electron chi connectivity index (χ3n) is 4.58. The van der Waals surface area contributed by atoms with Gasteiger partial charge >= 0.3 is 0 Å². The third kappa shape index (κ3) is 3.34. The Kier molecular flexibility index (Phi) is 4.57. The van der Waals surface area contributed by atoms with Crippen molar-refractivity contribution < 1.29 is 4.39 Å². The van der Waals surface area contributed by atoms with Crippen LogP contribution in [-0.2, 0) is 0 Å². The minimum Gasteiger partial charge on any atom is -0.341 e. The van der Waals surface area contributed by atoms with Gasteiger partial charge in [0.2, 0.25) is 5.95 Å². The van der Waals surface area contributed by atoms with E-state index < -0.39 is 0 Å². The van der Waals surface area contributed by atoms with Crippen molar-refractivity contribution in [1.82, 2.24) is 15.3 Å². The summed E-state index contributed by atoms with van der Waals surface area (Å²) in [4.78, 5) is 11.7. The Bertz CT molecular complexity index is 653. The summed E-state index contributed by atoms with van der Waals surface area (Å²) < 4.78 is 13.1. The normalized spacial score (nSPS) is 15.9. The van der Waals surface area contributed by atoms with Crippen LogP contribution in [0.1, 0.15) is 24.2 Å². The number of aromatic nitrogens is 2. The number of rotatable bonds is 3. The van der Waals surface area contributed by atoms with Gasteiger partial charge in [0.15, 0.2) is 0 Å². The Morgan fingerprint density at radius 2 is 1.61 bits per heavy atom. The highest BCUT2D eigenvalue weighted by Gasteiger charge is 2.21. The van der Waals surface area contributed by atoms with E-state index in [0.717, 1.165) is 54.4 Å². The van der Waals surface area contributed by atoms with E-state index in [4.69, 9.17) is 9.97 Å². The smallest absolute Gasteiger partial charge is 0.225 e. The summed E-state index contributed by atoms with van der Waals surface area (Å²) in [5, 5.41) is 3.34. The Morgan fingerprint density at radius 1 is 1.04 bits per heavy atom. The first-order valence-electron chi connectivity index (χ1n) is 8.12. The Labute approximate surface area is 136 Å². The molecule has 0 radical (unpaired) electrons. The van der Waals surface area contributed by atoms with Crippen LogP contribution < -0.4 is 10.2 Å². The lowest BCUT2D eigenvalue weighted by Gasteiger charge is -2.32. The zero-order valence-electron chi connectivity index (χ0n) is 13.9. The van der Waals surface area contributed by atoms with Gasteiger partial charge in [-0.05, 0) is 51.4 Å². The topological polar surface area (TPSA) is 41.0 Å². The molecule has 0 unspecified atom stereocenters. The van der Waals surface area contributed by atoms with Crippen LogP contribution in [0.3, 0.4) is 0 Å². The lowest BCUT2D eigenvalue weighted by Crippen LogP contribution is -2.42. The van der Waals surface area contributed by atoms with Gasteiger partial charge in [0.05, 0.1) is 11.4 Å². The number of piperidine rings is 1. The number of nitrogens with zero attached hydrogens (tertiary/aromatic N) is 3. The van der Waals surface area contributed by atoms with Crippen LogP contribution in [0.4, 0.5) is 10.3 Å². The molecule has 0 bridgehead atoms. The molecule has 1 aromatic carbocycles. The predicted octanol–water partition coefficient (Wildman–Crippen LogP) is 3.09. The first-order valence-corrected chi connectivity index (χ1v) is 8.12. The molecule has 0 spiro atoms. The molecule has 2 heterocycles. The van der Waals surface area contributed by atoms with Gasteiger partial charge in [-0.25, -0.2) is 14.4 Å². The summed E-state index contributed by atoms with van der Waals surface area (Å²) in [6.45, 7) is 5.94. The Balaban J connectivity index is 1.87. The van der Waals surface area contributed by atoms with Crippen molar-refractivity contribution in [2.75, 3.05) is 25.0 Å². The summed E-state index contributed by atoms with van der Waals surface area (Å²) in [6, 6.07) is 7.11. The summed E-state index contributed by atoms with van der Waals surface area (Å²) in [5.74, 6) is 0.578. The minimum absolute atomic E-state index is 0.228. The number of hydrogen-bond acceptors (Lipinski definition) is 4. The first kappa shape index (κ1) is 15.9. The molecular formula is C18H23FN4. The van der Waals surface area contributed by atoms with E-state index >= 15 is 0 Å². The van der Waals surface area contributed by atoms with E-state index in [1.165, 1.54) is 12.1 Å². The molecule has 5 heteroatoms. The van der Waals surface area contributed by atoms with E-state index in [2.05, 4.69) is 10.2 Å². The van der Waals surface area contributed by atoms with Gasteiger partial charge in [-0.15, -0.1) is 0 Å². The van der Waals surface area contributed by atoms with Crippen molar-refractivity contribution in [1.29, 1.82) is 0 Å². The summed E-state index contributed by atoms with van der Waals surface area (Å²) >= 11 is 0. The fourth-order valence-corrected chi connectivity index (χ4v) is 3.24. The first-order chi connectivity index (χ1) is 11.1. The third-order valence-corrected chi connectivity index (χ3v) is 4.58. The number of aryl methyl sites for hydroxylation is 2. The lowest BCUT2D eigenvalue weighted by molar-refractivity contribution is 0.438. The van der Waals surface area contributed by atoms with E-state index in [9.17, 15) is 4.39 Å². The average Bonchev–Trinajstić information content (AvgIpc) is 2.56. The van der Waals surface area contributed by atoms with Gasteiger partial charge in [-0.2, -0.15) is 0 Å². The SMILES string of the molecule is CNC1CCN(c2nc(C)c(-c3ccc(F)cc3)c(C)n2)CC1. The molecule has 1 aromatic heterocycles. The molecule has 0 saturated carbocycles. The van der Waals surface area contributed by atoms with Gasteiger partial charge in [-0.1, -0.05) is 12.1 Å². The molecule has 1 N–H and O–H groups in total. The zero-order chi connectivity index (χ0) is 16.4. The molecule has 4 nitrogen and oxygen atoms in total. The van der Waals surface area contributed by atoms with Crippen LogP contribution >= 0.6 is 0 Å². The second kappa shape index (κ2) is 6.62. The maximum absolute atomic E-state index is 13.1. The standard InChI is InChI=1S/C18H23FN4/c1-12-17(14-4-6-15(19)7-5-14)13(2)22-18(21-12)23-10-8-16(20-3)9-11-23/h4-7,16,20H,8-11H2,1-3H3. The second-order valence-corrected chi connectivity index (χ2v) is 6.13. The van der Waals surface area contributed by atoms with Crippen molar-refractivity contribution in [3.63, 3.8) is 0 Å². The summed E-state index contributed by atoms with van der Waals surface area (Å²) in [6.07, 6.45) is 2.22. The average molecular weight is 314 g/mol. The molecule has 1 aliphatic rings. The summed E-state index contributed by atoms with van der Waals surface area (Å²) in [7, 11) is 2.02. The van der Waals surface area contributed by atoms with Crippen LogP contribution in [0.2, 0.25) is 0 Å². The predicted molar refractivity (Wildman–Crippen MR) is 91.2 cm³/mol. The van der Waals surface area contributed by atoms with Gasteiger partial charge in [0.1, 0.15) is 5.82 Å². The maximum atomic E-state index is 13.1. The van der Waals surface area contributed by atoms with Crippen molar-refractivity contribution in [3.05, 3.63) is 41.5 Å². The van der Waals surface area contributed by atoms with Crippen LogP contribution in [0, 0.1) is 19.7 Å². The molecule has 0 atom stereocenters. The molecule has 0 aliphatic carbocycles. The van der Waals surface area contributed by atoms with Crippen LogP contribution in [-0.4, -0.2) is 36.1 Å². The van der Waals surface area contributed by atoms with E-state index in [1.807, 2.05) is 20.9 Å². The van der Waals surface area contributed by atoms with E-state index in [0.29, 0.717) is 6.04 Å². The Morgan fingerprint density at radius 3 is 2.13 bits per heavy atom. The fourth-order valence-electron chi connectivity index (χ4n) is 3.24. The Hall–Kier alpha value is -2.01. The lowest BCUT2D eigenvalue weighted by atomic mass is 10.0. The number of halogens is 1. The number of nitrogens with one attached hydrogen (secondary N) is 1. The van der Waals surface area contributed by atoms with Gasteiger partial charge < -0.3 is 10.2 Å². The highest BCUT2D eigenvalue weighted by Crippen LogP contribution is 2.27. The number of hydrogen-bond donors (Lipinski definition) is 1. The number of anilines is 1. The molecule has 0 amide bonds. The van der Waals surface area contributed by atoms with Crippen molar-refractivity contribution in [2.24, 2.45) is 0 Å². The van der Waals surface area contributed by atoms with Gasteiger partial charge in [0, 0.05) is 24.7 Å². The van der Waals surface area contributed by atoms with E-state index in [-0.39, 0.29) is 5.82 Å². The molecule has 1 fully saturated rings. The largest absolute Gasteiger partial charge is 0.341 e. The molecule has 23 heavy (non-hydrogen) atoms. The molecule has 1 saturated heterocycles. The highest BCUT2D eigenvalue weighted by molar-refractivity contribution is 5.68. The molecular weight excluding hydrogens is 291 g/mol. The maximum Gasteiger partial charge on any atom is 0.225 e. The fraction of sp³-hybridized carbons (Fsp3) is 0.444. The van der Waals surface area contributed by atoms with Crippen LogP contribution in [0.5, 0.6) is 0 Å². The van der Waals surface area contributed by atoms with Gasteiger partial charge in [-0.3, -0.25) is 0 Å². The zero-order valence-corrected chi connectivity index (χ0v) is 13.9. The molecule has 1 aliphatic heterocycles. The quantitative estimate of drug-likeness (QED) is 0.945. The van der Waals surface area contributed by atoms with Crippen molar-refractivity contribution >= 4 is 5.95 Å². The number of benzene rings is 1. The monoisotopic (exact) mass is 314 g/mol. The summed E-state index contributed by atoms with van der Waals surface area (Å²) in [5.41, 5.74) is 3.84. The molecule has 2 aromatic rings. The van der Waals surface area contributed by atoms with E-state index in [1.54, 1.807) is 12.1 Å². The van der Waals surface area contributed by atoms with Crippen LogP contribution in [0.25, 0.3) is 11.1 Å². The minimum atomic E-state index is -0.228. The highest BCUT2D eigenvalue weighted by atomic mass is 19.1. The van der Waals surface area contributed by atoms with Crippen LogP contribution in [0.15, 0.2) is 24.3 Å². The van der Waals surface area contributed by atoms with Gasteiger partial charge in [0.25, 0.3) is 0 Å². The molecule has 122 valence electrons.